The maximum Gasteiger partial charge on any atom is 0.321 e. The van der Waals surface area contributed by atoms with Gasteiger partial charge >= 0.3 is 5.97 Å². The Morgan fingerprint density at radius 3 is 2.85 bits per heavy atom. The van der Waals surface area contributed by atoms with E-state index in [2.05, 4.69) is 5.32 Å². The fourth-order valence-electron chi connectivity index (χ4n) is 1.30. The number of carboxylic acid groups (broad SMARTS) is 1. The number of nitrogens with two attached hydrogens (primary N) is 1. The lowest BCUT2D eigenvalue weighted by Gasteiger charge is -2.27. The highest BCUT2D eigenvalue weighted by Gasteiger charge is 2.33. The first kappa shape index (κ1) is 16.5. The summed E-state index contributed by atoms with van der Waals surface area (Å²) in [4.78, 5) is 22.7. The molecule has 1 aromatic rings. The van der Waals surface area contributed by atoms with E-state index in [0.29, 0.717) is 10.6 Å². The molecule has 4 N–H and O–H groups in total. The van der Waals surface area contributed by atoms with Crippen molar-refractivity contribution in [1.29, 1.82) is 5.26 Å². The summed E-state index contributed by atoms with van der Waals surface area (Å²) in [6.45, 7) is 3.35. The molecule has 0 aromatic carbocycles. The van der Waals surface area contributed by atoms with E-state index in [0.717, 1.165) is 11.8 Å². The van der Waals surface area contributed by atoms with Crippen LogP contribution in [0.3, 0.4) is 0 Å². The number of carbonyl (C=O) groups is 2. The first-order valence-electron chi connectivity index (χ1n) is 5.67. The minimum absolute atomic E-state index is 0.0662. The van der Waals surface area contributed by atoms with Gasteiger partial charge in [-0.1, -0.05) is 0 Å². The van der Waals surface area contributed by atoms with Crippen LogP contribution in [0.5, 0.6) is 0 Å². The predicted octanol–water partition coefficient (Wildman–Crippen LogP) is 1.48. The maximum atomic E-state index is 11.8. The zero-order valence-electron chi connectivity index (χ0n) is 11.0. The van der Waals surface area contributed by atoms with E-state index >= 15 is 0 Å². The molecule has 1 rings (SSSR count). The second-order valence-electron chi connectivity index (χ2n) is 4.53. The van der Waals surface area contributed by atoms with Crippen LogP contribution >= 0.6 is 23.1 Å². The first-order valence-corrected chi connectivity index (χ1v) is 7.54. The van der Waals surface area contributed by atoms with Crippen molar-refractivity contribution in [3.8, 4) is 6.07 Å². The molecule has 6 nitrogen and oxygen atoms in total. The van der Waals surface area contributed by atoms with Crippen molar-refractivity contribution in [2.24, 2.45) is 5.73 Å². The van der Waals surface area contributed by atoms with Crippen molar-refractivity contribution >= 4 is 40.0 Å². The van der Waals surface area contributed by atoms with Gasteiger partial charge in [0, 0.05) is 4.75 Å². The van der Waals surface area contributed by atoms with E-state index in [9.17, 15) is 9.59 Å². The van der Waals surface area contributed by atoms with Crippen LogP contribution in [0.1, 0.15) is 19.4 Å². The van der Waals surface area contributed by atoms with Crippen molar-refractivity contribution in [3.05, 3.63) is 17.0 Å². The Bertz CT molecular complexity index is 548. The number of nitrogens with zero attached hydrogens (tertiary/aromatic N) is 1. The Labute approximate surface area is 125 Å². The van der Waals surface area contributed by atoms with Crippen LogP contribution in [0.2, 0.25) is 0 Å². The average molecular weight is 313 g/mol. The topological polar surface area (TPSA) is 116 Å². The molecule has 0 spiro atoms. The second-order valence-corrected chi connectivity index (χ2v) is 7.08. The summed E-state index contributed by atoms with van der Waals surface area (Å²) in [5.41, 5.74) is 5.98. The van der Waals surface area contributed by atoms with Crippen molar-refractivity contribution in [3.63, 3.8) is 0 Å². The van der Waals surface area contributed by atoms with Gasteiger partial charge in [-0.2, -0.15) is 5.26 Å². The molecule has 1 amide bonds. The molecule has 1 atom stereocenters. The highest BCUT2D eigenvalue weighted by molar-refractivity contribution is 8.01. The molecule has 1 aromatic heterocycles. The van der Waals surface area contributed by atoms with Gasteiger partial charge in [0.1, 0.15) is 17.1 Å². The number of nitriles is 1. The zero-order chi connectivity index (χ0) is 15.3. The molecular formula is C12H15N3O3S2. The normalized spacial score (nSPS) is 12.5. The molecule has 1 heterocycles. The zero-order valence-corrected chi connectivity index (χ0v) is 12.7. The fraction of sp³-hybridized carbons (Fsp3) is 0.417. The number of hydrogen-bond donors (Lipinski definition) is 3. The average Bonchev–Trinajstić information content (AvgIpc) is 2.82. The smallest absolute Gasteiger partial charge is 0.321 e. The Morgan fingerprint density at radius 1 is 1.65 bits per heavy atom. The van der Waals surface area contributed by atoms with E-state index in [4.69, 9.17) is 16.1 Å². The summed E-state index contributed by atoms with van der Waals surface area (Å²) >= 11 is 2.43. The van der Waals surface area contributed by atoms with Gasteiger partial charge in [-0.25, -0.2) is 0 Å². The molecule has 0 aliphatic heterocycles. The maximum absolute atomic E-state index is 11.8. The Balaban J connectivity index is 2.56. The number of anilines is 1. The molecule has 0 unspecified atom stereocenters. The van der Waals surface area contributed by atoms with Crippen molar-refractivity contribution in [1.82, 2.24) is 0 Å². The van der Waals surface area contributed by atoms with E-state index in [1.54, 1.807) is 25.3 Å². The quantitative estimate of drug-likeness (QED) is 0.732. The molecule has 0 radical (unpaired) electrons. The minimum atomic E-state index is -1.10. The first-order chi connectivity index (χ1) is 9.27. The Hall–Kier alpha value is -1.56. The molecular weight excluding hydrogens is 298 g/mol. The summed E-state index contributed by atoms with van der Waals surface area (Å²) in [7, 11) is 0. The summed E-state index contributed by atoms with van der Waals surface area (Å²) in [6.07, 6.45) is 0. The third-order valence-corrected chi connectivity index (χ3v) is 4.86. The van der Waals surface area contributed by atoms with Crippen molar-refractivity contribution in [2.75, 3.05) is 11.1 Å². The third kappa shape index (κ3) is 4.23. The number of carboxylic acids is 1. The van der Waals surface area contributed by atoms with Crippen LogP contribution in [0.4, 0.5) is 5.00 Å². The summed E-state index contributed by atoms with van der Waals surface area (Å²) in [6, 6.07) is 2.54. The number of thiophene rings is 1. The number of hydrogen-bond acceptors (Lipinski definition) is 6. The number of carbonyl (C=O) groups excluding carboxylic acids is 1. The van der Waals surface area contributed by atoms with Gasteiger partial charge < -0.3 is 16.2 Å². The van der Waals surface area contributed by atoms with Gasteiger partial charge in [-0.3, -0.25) is 9.59 Å². The van der Waals surface area contributed by atoms with Crippen LogP contribution in [-0.4, -0.2) is 33.5 Å². The largest absolute Gasteiger partial charge is 0.480 e. The number of rotatable bonds is 6. The van der Waals surface area contributed by atoms with Crippen molar-refractivity contribution in [2.45, 2.75) is 24.6 Å². The molecule has 8 heteroatoms. The van der Waals surface area contributed by atoms with Gasteiger partial charge in [-0.15, -0.1) is 23.1 Å². The molecule has 0 saturated carbocycles. The van der Waals surface area contributed by atoms with Crippen LogP contribution in [0, 0.1) is 11.3 Å². The van der Waals surface area contributed by atoms with Crippen LogP contribution in [0.15, 0.2) is 11.4 Å². The van der Waals surface area contributed by atoms with Gasteiger partial charge in [0.25, 0.3) is 0 Å². The number of amides is 1. The molecule has 0 bridgehead atoms. The standard InChI is InChI=1S/C12H15N3O3S2/c1-12(2,9(14)11(17)18)20-6-8(16)15-10-7(5-13)3-4-19-10/h3-4,9H,6,14H2,1-2H3,(H,15,16)(H,17,18)/t9-/m0/s1. The molecule has 0 aliphatic carbocycles. The molecule has 0 fully saturated rings. The summed E-state index contributed by atoms with van der Waals surface area (Å²) in [5.74, 6) is -1.33. The van der Waals surface area contributed by atoms with Gasteiger partial charge in [0.2, 0.25) is 5.91 Å². The summed E-state index contributed by atoms with van der Waals surface area (Å²) in [5, 5.41) is 22.6. The number of aliphatic carboxylic acids is 1. The highest BCUT2D eigenvalue weighted by atomic mass is 32.2. The summed E-state index contributed by atoms with van der Waals surface area (Å²) < 4.78 is -0.767. The lowest BCUT2D eigenvalue weighted by atomic mass is 10.1. The number of thioether (sulfide) groups is 1. The van der Waals surface area contributed by atoms with E-state index < -0.39 is 16.8 Å². The van der Waals surface area contributed by atoms with Gasteiger partial charge in [0.15, 0.2) is 0 Å². The fourth-order valence-corrected chi connectivity index (χ4v) is 2.90. The highest BCUT2D eigenvalue weighted by Crippen LogP contribution is 2.28. The lowest BCUT2D eigenvalue weighted by molar-refractivity contribution is -0.139. The van der Waals surface area contributed by atoms with Crippen LogP contribution in [-0.2, 0) is 9.59 Å². The number of nitrogens with one attached hydrogen (secondary N) is 1. The molecule has 108 valence electrons. The van der Waals surface area contributed by atoms with E-state index in [1.807, 2.05) is 6.07 Å². The van der Waals surface area contributed by atoms with Crippen molar-refractivity contribution < 1.29 is 14.7 Å². The lowest BCUT2D eigenvalue weighted by Crippen LogP contribution is -2.47. The Morgan fingerprint density at radius 2 is 2.30 bits per heavy atom. The van der Waals surface area contributed by atoms with Gasteiger partial charge in [0.05, 0.1) is 11.3 Å². The SMILES string of the molecule is CC(C)(SCC(=O)Nc1sccc1C#N)[C@@H](N)C(=O)O. The van der Waals surface area contributed by atoms with Gasteiger partial charge in [-0.05, 0) is 25.3 Å². The van der Waals surface area contributed by atoms with Crippen LogP contribution in [0.25, 0.3) is 0 Å². The molecule has 0 saturated heterocycles. The molecule has 20 heavy (non-hydrogen) atoms. The Kier molecular flexibility index (Phi) is 5.56. The molecule has 0 aliphatic rings. The monoisotopic (exact) mass is 313 g/mol. The second kappa shape index (κ2) is 6.74. The van der Waals surface area contributed by atoms with E-state index in [-0.39, 0.29) is 11.7 Å². The van der Waals surface area contributed by atoms with E-state index in [1.165, 1.54) is 11.3 Å². The third-order valence-electron chi connectivity index (χ3n) is 2.63. The predicted molar refractivity (Wildman–Crippen MR) is 79.8 cm³/mol. The minimum Gasteiger partial charge on any atom is -0.480 e. The van der Waals surface area contributed by atoms with Crippen LogP contribution < -0.4 is 11.1 Å².